The molecular weight excluding hydrogens is 282 g/mol. The first-order valence-corrected chi connectivity index (χ1v) is 7.12. The van der Waals surface area contributed by atoms with E-state index in [-0.39, 0.29) is 11.8 Å². The van der Waals surface area contributed by atoms with Gasteiger partial charge in [-0.05, 0) is 43.0 Å². The molecule has 0 aliphatic rings. The summed E-state index contributed by atoms with van der Waals surface area (Å²) in [6.07, 6.45) is 0. The summed E-state index contributed by atoms with van der Waals surface area (Å²) >= 11 is 0. The molecule has 0 fully saturated rings. The summed E-state index contributed by atoms with van der Waals surface area (Å²) < 4.78 is 0. The number of nitrogen functional groups attached to an aromatic ring is 1. The maximum atomic E-state index is 11.3. The third-order valence-electron chi connectivity index (χ3n) is 3.48. The fraction of sp³-hybridized carbons (Fsp3) is 0.438. The fourth-order valence-corrected chi connectivity index (χ4v) is 2.19. The molecule has 1 aromatic rings. The number of carboxylic acids is 1. The predicted molar refractivity (Wildman–Crippen MR) is 87.0 cm³/mol. The molecule has 6 heteroatoms. The Morgan fingerprint density at radius 1 is 1.18 bits per heavy atom. The largest absolute Gasteiger partial charge is 0.481 e. The average Bonchev–Trinajstić information content (AvgIpc) is 2.42. The van der Waals surface area contributed by atoms with Gasteiger partial charge < -0.3 is 10.8 Å². The van der Waals surface area contributed by atoms with Crippen molar-refractivity contribution in [2.75, 3.05) is 5.73 Å². The molecule has 1 aromatic carbocycles. The number of nitrogens with zero attached hydrogens (tertiary/aromatic N) is 1. The number of nitrogens with two attached hydrogens (primary N) is 1. The second-order valence-electron chi connectivity index (χ2n) is 5.65. The smallest absolute Gasteiger partial charge is 0.310 e. The highest BCUT2D eigenvalue weighted by atomic mass is 16.4. The summed E-state index contributed by atoms with van der Waals surface area (Å²) in [6.45, 7) is 8.74. The molecule has 1 amide bonds. The number of hydrogen-bond acceptors (Lipinski definition) is 4. The zero-order valence-electron chi connectivity index (χ0n) is 13.6. The molecule has 0 bridgehead atoms. The van der Waals surface area contributed by atoms with Gasteiger partial charge in [-0.1, -0.05) is 13.8 Å². The van der Waals surface area contributed by atoms with Gasteiger partial charge in [0.15, 0.2) is 0 Å². The van der Waals surface area contributed by atoms with Crippen molar-refractivity contribution in [2.24, 2.45) is 5.10 Å². The predicted octanol–water partition coefficient (Wildman–Crippen LogP) is 2.44. The number of hydrogen-bond donors (Lipinski definition) is 3. The topological polar surface area (TPSA) is 105 Å². The molecule has 0 saturated carbocycles. The summed E-state index contributed by atoms with van der Waals surface area (Å²) in [7, 11) is 0. The highest BCUT2D eigenvalue weighted by Crippen LogP contribution is 2.31. The minimum atomic E-state index is -0.891. The molecular formula is C16H23N3O3. The van der Waals surface area contributed by atoms with Crippen LogP contribution in [0.5, 0.6) is 0 Å². The maximum absolute atomic E-state index is 11.3. The number of amides is 1. The van der Waals surface area contributed by atoms with Gasteiger partial charge in [-0.2, -0.15) is 5.10 Å². The van der Waals surface area contributed by atoms with Crippen LogP contribution in [0.2, 0.25) is 0 Å². The number of benzene rings is 1. The molecule has 0 aliphatic carbocycles. The van der Waals surface area contributed by atoms with Crippen LogP contribution < -0.4 is 11.2 Å². The Kier molecular flexibility index (Phi) is 5.68. The number of aliphatic carboxylic acids is 1. The molecule has 1 atom stereocenters. The van der Waals surface area contributed by atoms with Gasteiger partial charge in [0.1, 0.15) is 0 Å². The van der Waals surface area contributed by atoms with Gasteiger partial charge in [0.05, 0.1) is 11.6 Å². The molecule has 1 rings (SSSR count). The van der Waals surface area contributed by atoms with Crippen LogP contribution in [-0.4, -0.2) is 22.7 Å². The van der Waals surface area contributed by atoms with Crippen molar-refractivity contribution >= 4 is 23.3 Å². The highest BCUT2D eigenvalue weighted by molar-refractivity contribution is 6.04. The number of carboxylic acid groups (broad SMARTS) is 1. The van der Waals surface area contributed by atoms with Gasteiger partial charge >= 0.3 is 5.97 Å². The molecule has 0 saturated heterocycles. The van der Waals surface area contributed by atoms with Crippen molar-refractivity contribution in [3.05, 3.63) is 28.8 Å². The van der Waals surface area contributed by atoms with Crippen molar-refractivity contribution in [1.29, 1.82) is 0 Å². The number of carbonyl (C=O) groups is 2. The summed E-state index contributed by atoms with van der Waals surface area (Å²) in [4.78, 5) is 22.2. The Bertz CT molecular complexity index is 621. The second-order valence-corrected chi connectivity index (χ2v) is 5.65. The minimum Gasteiger partial charge on any atom is -0.481 e. The lowest BCUT2D eigenvalue weighted by Crippen LogP contribution is -2.17. The molecule has 4 N–H and O–H groups in total. The number of rotatable bonds is 5. The quantitative estimate of drug-likeness (QED) is 0.441. The van der Waals surface area contributed by atoms with Crippen LogP contribution in [0.15, 0.2) is 17.2 Å². The molecule has 1 unspecified atom stereocenters. The lowest BCUT2D eigenvalue weighted by molar-refractivity contribution is -0.138. The Morgan fingerprint density at radius 2 is 1.77 bits per heavy atom. The number of carbonyl (C=O) groups excluding carboxylic acids is 1. The Labute approximate surface area is 130 Å². The first kappa shape index (κ1) is 17.7. The number of nitrogens with one attached hydrogen (secondary N) is 1. The normalized spacial score (nSPS) is 13.1. The Balaban J connectivity index is 3.40. The molecule has 0 radical (unpaired) electrons. The van der Waals surface area contributed by atoms with Crippen molar-refractivity contribution in [3.8, 4) is 0 Å². The molecule has 6 nitrogen and oxygen atoms in total. The van der Waals surface area contributed by atoms with Gasteiger partial charge in [-0.3, -0.25) is 9.59 Å². The third kappa shape index (κ3) is 4.07. The standard InChI is InChI=1S/C16H23N3O3/c1-8(2)12-6-14(10(4)18-19-11(5)20)15(17)7-13(12)9(3)16(21)22/h6-9H,17H2,1-5H3,(H,19,20)(H,21,22)/b18-10+. The molecule has 0 spiro atoms. The van der Waals surface area contributed by atoms with Crippen LogP contribution in [-0.2, 0) is 9.59 Å². The van der Waals surface area contributed by atoms with E-state index in [9.17, 15) is 14.7 Å². The van der Waals surface area contributed by atoms with Crippen molar-refractivity contribution in [2.45, 2.75) is 46.5 Å². The van der Waals surface area contributed by atoms with Crippen molar-refractivity contribution in [3.63, 3.8) is 0 Å². The van der Waals surface area contributed by atoms with E-state index in [1.165, 1.54) is 6.92 Å². The lowest BCUT2D eigenvalue weighted by Gasteiger charge is -2.19. The van der Waals surface area contributed by atoms with Crippen molar-refractivity contribution < 1.29 is 14.7 Å². The van der Waals surface area contributed by atoms with Gasteiger partial charge in [0.25, 0.3) is 0 Å². The van der Waals surface area contributed by atoms with E-state index in [1.54, 1.807) is 19.9 Å². The summed E-state index contributed by atoms with van der Waals surface area (Å²) in [5.41, 5.74) is 11.8. The van der Waals surface area contributed by atoms with Gasteiger partial charge in [0, 0.05) is 18.2 Å². The van der Waals surface area contributed by atoms with Gasteiger partial charge in [-0.15, -0.1) is 0 Å². The molecule has 0 heterocycles. The number of anilines is 1. The molecule has 22 heavy (non-hydrogen) atoms. The highest BCUT2D eigenvalue weighted by Gasteiger charge is 2.21. The maximum Gasteiger partial charge on any atom is 0.310 e. The van der Waals surface area contributed by atoms with E-state index in [0.29, 0.717) is 22.5 Å². The Morgan fingerprint density at radius 3 is 2.23 bits per heavy atom. The zero-order chi connectivity index (χ0) is 17.0. The Hall–Kier alpha value is -2.37. The summed E-state index contributed by atoms with van der Waals surface area (Å²) in [5.74, 6) is -1.65. The van der Waals surface area contributed by atoms with Crippen LogP contribution in [0.4, 0.5) is 5.69 Å². The zero-order valence-corrected chi connectivity index (χ0v) is 13.6. The van der Waals surface area contributed by atoms with Crippen LogP contribution >= 0.6 is 0 Å². The van der Waals surface area contributed by atoms with E-state index in [4.69, 9.17) is 5.73 Å². The van der Waals surface area contributed by atoms with Crippen LogP contribution in [0.3, 0.4) is 0 Å². The number of hydrazone groups is 1. The first-order valence-electron chi connectivity index (χ1n) is 7.12. The van der Waals surface area contributed by atoms with E-state index >= 15 is 0 Å². The monoisotopic (exact) mass is 305 g/mol. The average molecular weight is 305 g/mol. The fourth-order valence-electron chi connectivity index (χ4n) is 2.19. The molecule has 0 aromatic heterocycles. The van der Waals surface area contributed by atoms with Crippen LogP contribution in [0, 0.1) is 0 Å². The summed E-state index contributed by atoms with van der Waals surface area (Å²) in [6, 6.07) is 3.55. The van der Waals surface area contributed by atoms with E-state index < -0.39 is 11.9 Å². The van der Waals surface area contributed by atoms with Gasteiger partial charge in [0.2, 0.25) is 5.91 Å². The van der Waals surface area contributed by atoms with E-state index in [2.05, 4.69) is 10.5 Å². The van der Waals surface area contributed by atoms with E-state index in [0.717, 1.165) is 5.56 Å². The molecule has 0 aliphatic heterocycles. The summed E-state index contributed by atoms with van der Waals surface area (Å²) in [5, 5.41) is 13.2. The van der Waals surface area contributed by atoms with Crippen LogP contribution in [0.1, 0.15) is 63.1 Å². The minimum absolute atomic E-state index is 0.143. The van der Waals surface area contributed by atoms with Gasteiger partial charge in [-0.25, -0.2) is 5.43 Å². The SMILES string of the molecule is CC(=O)N/N=C(\C)c1cc(C(C)C)c(C(C)C(=O)O)cc1N. The lowest BCUT2D eigenvalue weighted by atomic mass is 9.87. The van der Waals surface area contributed by atoms with Crippen molar-refractivity contribution in [1.82, 2.24) is 5.43 Å². The van der Waals surface area contributed by atoms with Crippen LogP contribution in [0.25, 0.3) is 0 Å². The molecule has 120 valence electrons. The second kappa shape index (κ2) is 7.06. The first-order chi connectivity index (χ1) is 10.1. The third-order valence-corrected chi connectivity index (χ3v) is 3.48. The van der Waals surface area contributed by atoms with E-state index in [1.807, 2.05) is 19.9 Å².